The van der Waals surface area contributed by atoms with Crippen molar-refractivity contribution in [3.63, 3.8) is 0 Å². The van der Waals surface area contributed by atoms with Crippen molar-refractivity contribution in [2.24, 2.45) is 0 Å². The molecule has 3 rings (SSSR count). The van der Waals surface area contributed by atoms with Crippen LogP contribution in [0.25, 0.3) is 6.08 Å². The van der Waals surface area contributed by atoms with Crippen molar-refractivity contribution in [3.8, 4) is 11.5 Å². The van der Waals surface area contributed by atoms with Gasteiger partial charge >= 0.3 is 5.97 Å². The largest absolute Gasteiger partial charge is 0.493 e. The first-order valence-electron chi connectivity index (χ1n) is 7.96. The van der Waals surface area contributed by atoms with Crippen LogP contribution in [0.3, 0.4) is 0 Å². The van der Waals surface area contributed by atoms with Gasteiger partial charge in [0, 0.05) is 4.47 Å². The first kappa shape index (κ1) is 20.0. The topological polar surface area (TPSA) is 93.1 Å². The Bertz CT molecular complexity index is 976. The number of thioether (sulfide) groups is 1. The Morgan fingerprint density at radius 1 is 1.21 bits per heavy atom. The maximum atomic E-state index is 12.7. The van der Waals surface area contributed by atoms with Gasteiger partial charge in [-0.1, -0.05) is 34.1 Å². The summed E-state index contributed by atoms with van der Waals surface area (Å²) in [5.74, 6) is -0.987. The highest BCUT2D eigenvalue weighted by Crippen LogP contribution is 2.39. The number of carbonyl (C=O) groups is 3. The summed E-state index contributed by atoms with van der Waals surface area (Å²) < 4.78 is 11.0. The number of halogens is 1. The number of benzene rings is 2. The minimum atomic E-state index is -1.11. The van der Waals surface area contributed by atoms with E-state index in [4.69, 9.17) is 14.6 Å². The van der Waals surface area contributed by atoms with E-state index in [-0.39, 0.29) is 15.9 Å². The summed E-state index contributed by atoms with van der Waals surface area (Å²) in [5, 5.41) is 8.38. The van der Waals surface area contributed by atoms with Crippen LogP contribution in [0.2, 0.25) is 0 Å². The smallest absolute Gasteiger partial charge is 0.341 e. The average molecular weight is 464 g/mol. The molecule has 1 N–H and O–H groups in total. The number of hydrogen-bond donors (Lipinski definition) is 1. The lowest BCUT2D eigenvalue weighted by atomic mass is 10.1. The molecule has 2 amide bonds. The highest BCUT2D eigenvalue weighted by atomic mass is 79.9. The minimum absolute atomic E-state index is 0.242. The molecule has 1 heterocycles. The lowest BCUT2D eigenvalue weighted by Crippen LogP contribution is -2.27. The third kappa shape index (κ3) is 4.20. The second-order valence-corrected chi connectivity index (χ2v) is 7.41. The van der Waals surface area contributed by atoms with Crippen LogP contribution in [-0.4, -0.2) is 35.9 Å². The highest BCUT2D eigenvalue weighted by Gasteiger charge is 2.36. The van der Waals surface area contributed by atoms with Crippen LogP contribution in [-0.2, 0) is 9.59 Å². The number of anilines is 1. The Morgan fingerprint density at radius 2 is 1.93 bits per heavy atom. The van der Waals surface area contributed by atoms with E-state index in [2.05, 4.69) is 15.9 Å². The summed E-state index contributed by atoms with van der Waals surface area (Å²) >= 11 is 4.21. The quantitative estimate of drug-likeness (QED) is 0.642. The van der Waals surface area contributed by atoms with Crippen molar-refractivity contribution >= 4 is 56.6 Å². The summed E-state index contributed by atoms with van der Waals surface area (Å²) in [7, 11) is 1.42. The van der Waals surface area contributed by atoms with Crippen molar-refractivity contribution < 1.29 is 29.0 Å². The fraction of sp³-hybridized carbons (Fsp3) is 0.105. The summed E-state index contributed by atoms with van der Waals surface area (Å²) in [6.07, 6.45) is 1.57. The molecular weight excluding hydrogens is 450 g/mol. The molecular formula is C19H14BrNO6S. The predicted molar refractivity (Wildman–Crippen MR) is 109 cm³/mol. The number of para-hydroxylation sites is 1. The third-order valence-electron chi connectivity index (χ3n) is 3.73. The summed E-state index contributed by atoms with van der Waals surface area (Å²) in [6.45, 7) is -0.516. The number of aliphatic carboxylic acids is 1. The van der Waals surface area contributed by atoms with Crippen molar-refractivity contribution in [2.75, 3.05) is 18.6 Å². The third-order valence-corrected chi connectivity index (χ3v) is 5.29. The molecule has 1 fully saturated rings. The van der Waals surface area contributed by atoms with Crippen LogP contribution in [0.5, 0.6) is 11.5 Å². The minimum Gasteiger partial charge on any atom is -0.493 e. The Labute approximate surface area is 173 Å². The molecule has 1 saturated heterocycles. The van der Waals surface area contributed by atoms with Gasteiger partial charge in [-0.15, -0.1) is 0 Å². The number of carboxylic acids is 1. The maximum Gasteiger partial charge on any atom is 0.341 e. The van der Waals surface area contributed by atoms with E-state index >= 15 is 0 Å². The molecule has 0 radical (unpaired) electrons. The summed E-state index contributed by atoms with van der Waals surface area (Å²) in [4.78, 5) is 37.1. The molecule has 0 bridgehead atoms. The number of ether oxygens (including phenoxy) is 2. The van der Waals surface area contributed by atoms with E-state index in [0.717, 1.165) is 16.7 Å². The number of nitrogens with zero attached hydrogens (tertiary/aromatic N) is 1. The number of carbonyl (C=O) groups excluding carboxylic acids is 2. The van der Waals surface area contributed by atoms with Crippen molar-refractivity contribution in [3.05, 3.63) is 57.4 Å². The molecule has 0 spiro atoms. The number of hydrogen-bond acceptors (Lipinski definition) is 6. The van der Waals surface area contributed by atoms with Gasteiger partial charge in [-0.25, -0.2) is 9.69 Å². The van der Waals surface area contributed by atoms with Gasteiger partial charge in [0.05, 0.1) is 17.7 Å². The van der Waals surface area contributed by atoms with Gasteiger partial charge in [-0.2, -0.15) is 0 Å². The van der Waals surface area contributed by atoms with Crippen LogP contribution in [0, 0.1) is 0 Å². The second kappa shape index (κ2) is 8.49. The van der Waals surface area contributed by atoms with Crippen molar-refractivity contribution in [2.45, 2.75) is 0 Å². The number of carboxylic acid groups (broad SMARTS) is 1. The highest BCUT2D eigenvalue weighted by molar-refractivity contribution is 9.10. The van der Waals surface area contributed by atoms with Gasteiger partial charge in [0.15, 0.2) is 18.1 Å². The molecule has 0 aromatic heterocycles. The van der Waals surface area contributed by atoms with Crippen LogP contribution < -0.4 is 14.4 Å². The van der Waals surface area contributed by atoms with Crippen molar-refractivity contribution in [1.82, 2.24) is 0 Å². The first-order valence-corrected chi connectivity index (χ1v) is 9.56. The molecule has 0 unspecified atom stereocenters. The summed E-state index contributed by atoms with van der Waals surface area (Å²) in [5.41, 5.74) is 1.08. The van der Waals surface area contributed by atoms with Crippen LogP contribution in [0.1, 0.15) is 5.56 Å². The molecule has 28 heavy (non-hydrogen) atoms. The number of amides is 2. The lowest BCUT2D eigenvalue weighted by Gasteiger charge is -2.12. The van der Waals surface area contributed by atoms with Crippen LogP contribution in [0.15, 0.2) is 51.8 Å². The Morgan fingerprint density at radius 3 is 2.57 bits per heavy atom. The SMILES string of the molecule is COc1cc(/C=C2\SC(=O)N(c3ccccc3)C2=O)c(Br)cc1OCC(=O)O. The zero-order valence-corrected chi connectivity index (χ0v) is 17.0. The fourth-order valence-corrected chi connectivity index (χ4v) is 3.75. The standard InChI is InChI=1S/C19H14BrNO6S/c1-26-14-7-11(13(20)9-15(14)27-10-17(22)23)8-16-18(24)21(19(25)28-16)12-5-3-2-4-6-12/h2-9H,10H2,1H3,(H,22,23)/b16-8-. The Hall–Kier alpha value is -2.78. The van der Waals surface area contributed by atoms with E-state index in [1.165, 1.54) is 7.11 Å². The molecule has 0 saturated carbocycles. The fourth-order valence-electron chi connectivity index (χ4n) is 2.48. The number of imide groups is 1. The predicted octanol–water partition coefficient (Wildman–Crippen LogP) is 4.16. The Kier molecular flexibility index (Phi) is 6.05. The van der Waals surface area contributed by atoms with Gasteiger partial charge in [0.25, 0.3) is 11.1 Å². The van der Waals surface area contributed by atoms with E-state index in [1.54, 1.807) is 48.5 Å². The van der Waals surface area contributed by atoms with Crippen LogP contribution in [0.4, 0.5) is 10.5 Å². The first-order chi connectivity index (χ1) is 13.4. The summed E-state index contributed by atoms with van der Waals surface area (Å²) in [6, 6.07) is 11.8. The zero-order valence-electron chi connectivity index (χ0n) is 14.5. The van der Waals surface area contributed by atoms with Gasteiger partial charge < -0.3 is 14.6 Å². The molecule has 0 atom stereocenters. The molecule has 0 aliphatic carbocycles. The van der Waals surface area contributed by atoms with Gasteiger partial charge in [-0.05, 0) is 47.7 Å². The van der Waals surface area contributed by atoms with Gasteiger partial charge in [0.2, 0.25) is 0 Å². The van der Waals surface area contributed by atoms with E-state index in [0.29, 0.717) is 21.5 Å². The normalized spacial score (nSPS) is 15.2. The van der Waals surface area contributed by atoms with Crippen LogP contribution >= 0.6 is 27.7 Å². The van der Waals surface area contributed by atoms with E-state index in [9.17, 15) is 14.4 Å². The van der Waals surface area contributed by atoms with E-state index in [1.807, 2.05) is 0 Å². The molecule has 1 aliphatic heterocycles. The van der Waals surface area contributed by atoms with Crippen molar-refractivity contribution in [1.29, 1.82) is 0 Å². The van der Waals surface area contributed by atoms with E-state index < -0.39 is 18.5 Å². The second-order valence-electron chi connectivity index (χ2n) is 5.56. The number of rotatable bonds is 6. The molecule has 9 heteroatoms. The molecule has 144 valence electrons. The molecule has 2 aromatic rings. The number of methoxy groups -OCH3 is 1. The zero-order chi connectivity index (χ0) is 20.3. The lowest BCUT2D eigenvalue weighted by molar-refractivity contribution is -0.139. The average Bonchev–Trinajstić information content (AvgIpc) is 2.95. The molecule has 2 aromatic carbocycles. The maximum absolute atomic E-state index is 12.7. The molecule has 1 aliphatic rings. The van der Waals surface area contributed by atoms with Gasteiger partial charge in [-0.3, -0.25) is 9.59 Å². The monoisotopic (exact) mass is 463 g/mol. The van der Waals surface area contributed by atoms with Gasteiger partial charge in [0.1, 0.15) is 0 Å². The molecule has 7 nitrogen and oxygen atoms in total. The Balaban J connectivity index is 1.92.